The number of halogens is 2. The van der Waals surface area contributed by atoms with Crippen LogP contribution < -0.4 is 0 Å². The van der Waals surface area contributed by atoms with Gasteiger partial charge in [-0.15, -0.1) is 11.3 Å². The number of aryl methyl sites for hydroxylation is 1. The van der Waals surface area contributed by atoms with Gasteiger partial charge < -0.3 is 4.57 Å². The number of para-hydroxylation sites is 1. The van der Waals surface area contributed by atoms with E-state index in [0.29, 0.717) is 22.2 Å². The predicted molar refractivity (Wildman–Crippen MR) is 123 cm³/mol. The molecule has 4 aromatic rings. The van der Waals surface area contributed by atoms with E-state index in [2.05, 4.69) is 34.0 Å². The maximum absolute atomic E-state index is 9.45. The maximum Gasteiger partial charge on any atom is 0.134 e. The van der Waals surface area contributed by atoms with E-state index in [1.807, 2.05) is 50.4 Å². The molecule has 2 aromatic carbocycles. The highest BCUT2D eigenvalue weighted by Gasteiger charge is 2.12. The first-order chi connectivity index (χ1) is 14.0. The minimum atomic E-state index is 0.551. The summed E-state index contributed by atoms with van der Waals surface area (Å²) in [6.45, 7) is 4.65. The van der Waals surface area contributed by atoms with Crippen LogP contribution in [0.2, 0.25) is 10.0 Å². The van der Waals surface area contributed by atoms with E-state index < -0.39 is 0 Å². The highest BCUT2D eigenvalue weighted by molar-refractivity contribution is 7.16. The Hall–Kier alpha value is -2.58. The fraction of sp³-hybridized carbons (Fsp3) is 0.130. The molecule has 0 radical (unpaired) electrons. The number of hydrogen-bond donors (Lipinski definition) is 0. The van der Waals surface area contributed by atoms with Gasteiger partial charge in [0.05, 0.1) is 15.6 Å². The molecule has 144 valence electrons. The van der Waals surface area contributed by atoms with Gasteiger partial charge in [-0.25, -0.2) is 4.99 Å². The molecule has 0 amide bonds. The summed E-state index contributed by atoms with van der Waals surface area (Å²) in [7, 11) is 0. The largest absolute Gasteiger partial charge is 0.342 e. The Balaban J connectivity index is 1.74. The molecule has 3 nitrogen and oxygen atoms in total. The van der Waals surface area contributed by atoms with Crippen LogP contribution in [0.1, 0.15) is 27.1 Å². The van der Waals surface area contributed by atoms with Gasteiger partial charge in [0.1, 0.15) is 11.1 Å². The van der Waals surface area contributed by atoms with Crippen molar-refractivity contribution in [3.8, 4) is 6.07 Å². The number of hydrogen-bond acceptors (Lipinski definition) is 3. The summed E-state index contributed by atoms with van der Waals surface area (Å²) in [6.07, 6.45) is 3.93. The van der Waals surface area contributed by atoms with Crippen molar-refractivity contribution >= 4 is 56.7 Å². The third-order valence-electron chi connectivity index (χ3n) is 4.96. The van der Waals surface area contributed by atoms with Crippen LogP contribution in [0.3, 0.4) is 0 Å². The summed E-state index contributed by atoms with van der Waals surface area (Å²) >= 11 is 13.8. The molecule has 0 saturated carbocycles. The second-order valence-corrected chi connectivity index (χ2v) is 8.83. The summed E-state index contributed by atoms with van der Waals surface area (Å²) in [5, 5.41) is 12.4. The molecule has 0 aliphatic rings. The van der Waals surface area contributed by atoms with Crippen molar-refractivity contribution < 1.29 is 0 Å². The van der Waals surface area contributed by atoms with Crippen LogP contribution >= 0.6 is 34.5 Å². The van der Waals surface area contributed by atoms with Gasteiger partial charge in [-0.2, -0.15) is 5.26 Å². The second kappa shape index (κ2) is 8.04. The molecule has 0 spiro atoms. The lowest BCUT2D eigenvalue weighted by atomic mass is 10.2. The SMILES string of the molecule is Cc1sc(N=Cc2cn(Cc3ccc(Cl)c(Cl)c3)c3ccccc23)c(C#N)c1C. The maximum atomic E-state index is 9.45. The second-order valence-electron chi connectivity index (χ2n) is 6.81. The zero-order valence-electron chi connectivity index (χ0n) is 15.9. The van der Waals surface area contributed by atoms with Gasteiger partial charge in [-0.3, -0.25) is 0 Å². The van der Waals surface area contributed by atoms with Crippen LogP contribution in [0, 0.1) is 25.2 Å². The fourth-order valence-electron chi connectivity index (χ4n) is 3.30. The molecule has 0 fully saturated rings. The summed E-state index contributed by atoms with van der Waals surface area (Å²) in [5.74, 6) is 0. The van der Waals surface area contributed by atoms with Crippen LogP contribution in [0.4, 0.5) is 5.00 Å². The van der Waals surface area contributed by atoms with Crippen molar-refractivity contribution in [3.05, 3.63) is 85.8 Å². The quantitative estimate of drug-likeness (QED) is 0.308. The zero-order chi connectivity index (χ0) is 20.5. The first kappa shape index (κ1) is 19.7. The van der Waals surface area contributed by atoms with Gasteiger partial charge in [0.2, 0.25) is 0 Å². The molecule has 0 aliphatic heterocycles. The summed E-state index contributed by atoms with van der Waals surface area (Å²) in [4.78, 5) is 5.77. The molecular formula is C23H17Cl2N3S. The Labute approximate surface area is 183 Å². The van der Waals surface area contributed by atoms with Gasteiger partial charge >= 0.3 is 0 Å². The fourth-order valence-corrected chi connectivity index (χ4v) is 4.58. The number of aliphatic imine (C=N–C) groups is 1. The Kier molecular flexibility index (Phi) is 5.47. The number of aromatic nitrogens is 1. The van der Waals surface area contributed by atoms with E-state index in [1.165, 1.54) is 0 Å². The van der Waals surface area contributed by atoms with E-state index >= 15 is 0 Å². The van der Waals surface area contributed by atoms with Crippen LogP contribution in [0.15, 0.2) is 53.7 Å². The van der Waals surface area contributed by atoms with Crippen LogP contribution in [0.25, 0.3) is 10.9 Å². The molecule has 29 heavy (non-hydrogen) atoms. The van der Waals surface area contributed by atoms with Gasteiger partial charge in [0.15, 0.2) is 0 Å². The van der Waals surface area contributed by atoms with Gasteiger partial charge in [0.25, 0.3) is 0 Å². The van der Waals surface area contributed by atoms with Crippen molar-refractivity contribution in [2.24, 2.45) is 4.99 Å². The van der Waals surface area contributed by atoms with Crippen molar-refractivity contribution in [3.63, 3.8) is 0 Å². The third-order valence-corrected chi connectivity index (χ3v) is 6.81. The standard InChI is InChI=1S/C23H17Cl2N3S/c1-14-15(2)29-23(19(14)10-26)27-11-17-13-28(22-6-4-3-5-18(17)22)12-16-7-8-20(24)21(25)9-16/h3-9,11,13H,12H2,1-2H3. The zero-order valence-corrected chi connectivity index (χ0v) is 18.2. The summed E-state index contributed by atoms with van der Waals surface area (Å²) < 4.78 is 2.17. The van der Waals surface area contributed by atoms with Crippen LogP contribution in [-0.2, 0) is 6.54 Å². The topological polar surface area (TPSA) is 41.1 Å². The molecule has 2 heterocycles. The Morgan fingerprint density at radius 3 is 2.69 bits per heavy atom. The average Bonchev–Trinajstić information content (AvgIpc) is 3.20. The van der Waals surface area contributed by atoms with Gasteiger partial charge in [-0.05, 0) is 43.2 Å². The monoisotopic (exact) mass is 437 g/mol. The van der Waals surface area contributed by atoms with Crippen molar-refractivity contribution in [1.29, 1.82) is 5.26 Å². The first-order valence-corrected chi connectivity index (χ1v) is 10.6. The molecule has 0 aliphatic carbocycles. The van der Waals surface area contributed by atoms with Crippen molar-refractivity contribution in [1.82, 2.24) is 4.57 Å². The van der Waals surface area contributed by atoms with E-state index in [4.69, 9.17) is 23.2 Å². The third kappa shape index (κ3) is 3.82. The first-order valence-electron chi connectivity index (χ1n) is 9.04. The van der Waals surface area contributed by atoms with Crippen molar-refractivity contribution in [2.75, 3.05) is 0 Å². The Bertz CT molecular complexity index is 1290. The number of fused-ring (bicyclic) bond motifs is 1. The van der Waals surface area contributed by atoms with Crippen molar-refractivity contribution in [2.45, 2.75) is 20.4 Å². The molecule has 0 atom stereocenters. The number of nitrogens with zero attached hydrogens (tertiary/aromatic N) is 3. The lowest BCUT2D eigenvalue weighted by molar-refractivity contribution is 0.836. The van der Waals surface area contributed by atoms with E-state index in [-0.39, 0.29) is 0 Å². The smallest absolute Gasteiger partial charge is 0.134 e. The number of rotatable bonds is 4. The predicted octanol–water partition coefficient (Wildman–Crippen LogP) is 7.30. The van der Waals surface area contributed by atoms with E-state index in [0.717, 1.165) is 37.5 Å². The molecule has 0 bridgehead atoms. The molecule has 6 heteroatoms. The molecule has 4 rings (SSSR count). The lowest BCUT2D eigenvalue weighted by Crippen LogP contribution is -1.97. The molecule has 2 aromatic heterocycles. The van der Waals surface area contributed by atoms with E-state index in [9.17, 15) is 5.26 Å². The normalized spacial score (nSPS) is 11.4. The number of nitriles is 1. The van der Waals surface area contributed by atoms with E-state index in [1.54, 1.807) is 11.3 Å². The van der Waals surface area contributed by atoms with Gasteiger partial charge in [-0.1, -0.05) is 47.5 Å². The molecule has 0 saturated heterocycles. The molecule has 0 unspecified atom stereocenters. The highest BCUT2D eigenvalue weighted by Crippen LogP contribution is 2.34. The lowest BCUT2D eigenvalue weighted by Gasteiger charge is -2.06. The number of benzene rings is 2. The Morgan fingerprint density at radius 1 is 1.14 bits per heavy atom. The molecule has 0 N–H and O–H groups in total. The summed E-state index contributed by atoms with van der Waals surface area (Å²) in [6, 6.07) is 16.2. The number of thiophene rings is 1. The Morgan fingerprint density at radius 2 is 1.93 bits per heavy atom. The summed E-state index contributed by atoms with van der Waals surface area (Å²) in [5.41, 5.74) is 4.85. The highest BCUT2D eigenvalue weighted by atomic mass is 35.5. The minimum absolute atomic E-state index is 0.551. The average molecular weight is 438 g/mol. The molecular weight excluding hydrogens is 421 g/mol. The minimum Gasteiger partial charge on any atom is -0.342 e. The van der Waals surface area contributed by atoms with Crippen LogP contribution in [0.5, 0.6) is 0 Å². The van der Waals surface area contributed by atoms with Gasteiger partial charge in [0, 0.05) is 40.3 Å². The van der Waals surface area contributed by atoms with Crippen LogP contribution in [-0.4, -0.2) is 10.8 Å².